The van der Waals surface area contributed by atoms with E-state index in [1.165, 1.54) is 26.0 Å². The first-order valence-electron chi connectivity index (χ1n) is 7.89. The zero-order valence-corrected chi connectivity index (χ0v) is 15.5. The summed E-state index contributed by atoms with van der Waals surface area (Å²) in [5.41, 5.74) is -4.88. The Morgan fingerprint density at radius 2 is 1.43 bits per heavy atom. The Morgan fingerprint density at radius 3 is 1.82 bits per heavy atom. The first kappa shape index (κ1) is 20.6. The van der Waals surface area contributed by atoms with Crippen molar-refractivity contribution in [3.05, 3.63) is 72.6 Å². The topological polar surface area (TPSA) is 151 Å². The number of ether oxygens (including phenoxy) is 2. The van der Waals surface area contributed by atoms with Crippen molar-refractivity contribution in [2.24, 2.45) is 0 Å². The highest BCUT2D eigenvalue weighted by molar-refractivity contribution is 6.01. The molecule has 0 atom stereocenters. The third kappa shape index (κ3) is 2.86. The average molecular weight is 391 g/mol. The lowest BCUT2D eigenvalue weighted by Gasteiger charge is -2.33. The number of nitrogens with zero attached hydrogens (tertiary/aromatic N) is 2. The fourth-order valence-electron chi connectivity index (χ4n) is 3.37. The summed E-state index contributed by atoms with van der Waals surface area (Å²) in [6.45, 7) is 2.74. The predicted octanol–water partition coefficient (Wildman–Crippen LogP) is 1.56. The van der Waals surface area contributed by atoms with Crippen LogP contribution in [0.2, 0.25) is 0 Å². The number of rotatable bonds is 5. The van der Waals surface area contributed by atoms with Crippen LogP contribution in [0, 0.1) is 20.2 Å². The maximum Gasteiger partial charge on any atom is 0.343 e. The second kappa shape index (κ2) is 7.47. The van der Waals surface area contributed by atoms with Crippen molar-refractivity contribution in [2.75, 3.05) is 14.2 Å². The molecule has 1 aliphatic heterocycles. The van der Waals surface area contributed by atoms with Crippen LogP contribution >= 0.6 is 0 Å². The van der Waals surface area contributed by atoms with Gasteiger partial charge in [-0.25, -0.2) is 9.59 Å². The van der Waals surface area contributed by atoms with E-state index in [9.17, 15) is 29.8 Å². The Bertz CT molecular complexity index is 909. The summed E-state index contributed by atoms with van der Waals surface area (Å²) in [4.78, 5) is 47.4. The molecular weight excluding hydrogens is 374 g/mol. The van der Waals surface area contributed by atoms with Crippen molar-refractivity contribution in [1.82, 2.24) is 5.32 Å². The summed E-state index contributed by atoms with van der Waals surface area (Å²) < 4.78 is 9.40. The van der Waals surface area contributed by atoms with Crippen LogP contribution in [-0.2, 0) is 24.6 Å². The SMILES string of the molecule is COC(=O)C1=C(C)NC(C)=C(C(=O)OC)C1(c1ccccc1[N+](=O)[O-])[N+](=O)[O-]. The molecule has 0 amide bonds. The van der Waals surface area contributed by atoms with E-state index in [2.05, 4.69) is 5.32 Å². The van der Waals surface area contributed by atoms with Crippen LogP contribution in [0.3, 0.4) is 0 Å². The molecule has 0 saturated carbocycles. The van der Waals surface area contributed by atoms with E-state index >= 15 is 0 Å². The first-order valence-corrected chi connectivity index (χ1v) is 7.89. The van der Waals surface area contributed by atoms with Gasteiger partial charge in [-0.15, -0.1) is 0 Å². The highest BCUT2D eigenvalue weighted by atomic mass is 16.6. The van der Waals surface area contributed by atoms with E-state index in [0.29, 0.717) is 0 Å². The molecule has 28 heavy (non-hydrogen) atoms. The number of nitro benzene ring substituents is 1. The van der Waals surface area contributed by atoms with Crippen LogP contribution in [0.15, 0.2) is 46.8 Å². The average Bonchev–Trinajstić information content (AvgIpc) is 2.65. The van der Waals surface area contributed by atoms with Gasteiger partial charge >= 0.3 is 17.5 Å². The van der Waals surface area contributed by atoms with Crippen LogP contribution < -0.4 is 5.32 Å². The molecule has 1 aromatic rings. The smallest absolute Gasteiger partial charge is 0.343 e. The molecular formula is C17H17N3O8. The monoisotopic (exact) mass is 391 g/mol. The van der Waals surface area contributed by atoms with E-state index < -0.39 is 49.7 Å². The maximum atomic E-state index is 12.5. The van der Waals surface area contributed by atoms with Gasteiger partial charge in [0.05, 0.1) is 19.1 Å². The van der Waals surface area contributed by atoms with Gasteiger partial charge in [-0.3, -0.25) is 20.2 Å². The third-order valence-corrected chi connectivity index (χ3v) is 4.39. The minimum atomic E-state index is -2.71. The number of benzene rings is 1. The Kier molecular flexibility index (Phi) is 5.48. The molecule has 0 unspecified atom stereocenters. The molecule has 0 bridgehead atoms. The summed E-state index contributed by atoms with van der Waals surface area (Å²) in [6.07, 6.45) is 0. The number of allylic oxidation sites excluding steroid dienone is 2. The summed E-state index contributed by atoms with van der Waals surface area (Å²) in [5, 5.41) is 26.8. The molecule has 11 nitrogen and oxygen atoms in total. The van der Waals surface area contributed by atoms with Crippen molar-refractivity contribution in [2.45, 2.75) is 19.4 Å². The summed E-state index contributed by atoms with van der Waals surface area (Å²) >= 11 is 0. The van der Waals surface area contributed by atoms with Crippen LogP contribution in [-0.4, -0.2) is 36.0 Å². The van der Waals surface area contributed by atoms with Crippen LogP contribution in [0.25, 0.3) is 0 Å². The second-order valence-electron chi connectivity index (χ2n) is 5.85. The van der Waals surface area contributed by atoms with E-state index in [0.717, 1.165) is 26.4 Å². The second-order valence-corrected chi connectivity index (χ2v) is 5.85. The van der Waals surface area contributed by atoms with Crippen molar-refractivity contribution >= 4 is 17.6 Å². The summed E-state index contributed by atoms with van der Waals surface area (Å²) in [7, 11) is 2.02. The lowest BCUT2D eigenvalue weighted by molar-refractivity contribution is -0.555. The van der Waals surface area contributed by atoms with Gasteiger partial charge in [0.15, 0.2) is 0 Å². The van der Waals surface area contributed by atoms with Crippen molar-refractivity contribution in [3.8, 4) is 0 Å². The van der Waals surface area contributed by atoms with Gasteiger partial charge in [0, 0.05) is 22.4 Å². The molecule has 0 saturated heterocycles. The number of hydrogen-bond acceptors (Lipinski definition) is 9. The van der Waals surface area contributed by atoms with Crippen LogP contribution in [0.1, 0.15) is 19.4 Å². The number of methoxy groups -OCH3 is 2. The number of esters is 2. The molecule has 148 valence electrons. The number of hydrogen-bond donors (Lipinski definition) is 1. The number of carbonyl (C=O) groups excluding carboxylic acids is 2. The van der Waals surface area contributed by atoms with E-state index in [4.69, 9.17) is 9.47 Å². The van der Waals surface area contributed by atoms with Gasteiger partial charge in [-0.05, 0) is 19.9 Å². The molecule has 1 heterocycles. The minimum Gasteiger partial charge on any atom is -0.465 e. The van der Waals surface area contributed by atoms with Gasteiger partial charge in [-0.1, -0.05) is 12.1 Å². The normalized spacial score (nSPS) is 15.6. The van der Waals surface area contributed by atoms with Crippen molar-refractivity contribution in [1.29, 1.82) is 0 Å². The Hall–Kier alpha value is -3.76. The van der Waals surface area contributed by atoms with Crippen molar-refractivity contribution < 1.29 is 28.9 Å². The molecule has 0 spiro atoms. The molecule has 1 aliphatic rings. The highest BCUT2D eigenvalue weighted by Crippen LogP contribution is 2.48. The lowest BCUT2D eigenvalue weighted by atomic mass is 9.72. The zero-order chi connectivity index (χ0) is 21.2. The highest BCUT2D eigenvalue weighted by Gasteiger charge is 2.64. The molecule has 1 N–H and O–H groups in total. The number of nitro groups is 2. The Labute approximate surface area is 158 Å². The quantitative estimate of drug-likeness (QED) is 0.448. The van der Waals surface area contributed by atoms with Gasteiger partial charge in [0.2, 0.25) is 0 Å². The fraction of sp³-hybridized carbons (Fsp3) is 0.294. The van der Waals surface area contributed by atoms with E-state index in [-0.39, 0.29) is 11.4 Å². The number of carbonyl (C=O) groups is 2. The van der Waals surface area contributed by atoms with Crippen LogP contribution in [0.5, 0.6) is 0 Å². The Morgan fingerprint density at radius 1 is 0.964 bits per heavy atom. The molecule has 0 aromatic heterocycles. The van der Waals surface area contributed by atoms with E-state index in [1.807, 2.05) is 0 Å². The number of dihydropyridines is 1. The zero-order valence-electron chi connectivity index (χ0n) is 15.5. The molecule has 2 rings (SSSR count). The van der Waals surface area contributed by atoms with Crippen LogP contribution in [0.4, 0.5) is 5.69 Å². The van der Waals surface area contributed by atoms with Gasteiger partial charge < -0.3 is 14.8 Å². The molecule has 11 heteroatoms. The predicted molar refractivity (Wildman–Crippen MR) is 94.3 cm³/mol. The van der Waals surface area contributed by atoms with E-state index in [1.54, 1.807) is 0 Å². The molecule has 0 radical (unpaired) electrons. The Balaban J connectivity index is 3.13. The lowest BCUT2D eigenvalue weighted by Crippen LogP contribution is -2.50. The largest absolute Gasteiger partial charge is 0.465 e. The minimum absolute atomic E-state index is 0.0202. The van der Waals surface area contributed by atoms with Gasteiger partial charge in [-0.2, -0.15) is 0 Å². The fourth-order valence-corrected chi connectivity index (χ4v) is 3.37. The third-order valence-electron chi connectivity index (χ3n) is 4.39. The van der Waals surface area contributed by atoms with Gasteiger partial charge in [0.25, 0.3) is 5.69 Å². The summed E-state index contributed by atoms with van der Waals surface area (Å²) in [5.74, 6) is -2.23. The molecule has 0 aliphatic carbocycles. The first-order chi connectivity index (χ1) is 13.1. The maximum absolute atomic E-state index is 12.5. The molecule has 0 fully saturated rings. The number of nitrogens with one attached hydrogen (secondary N) is 1. The van der Waals surface area contributed by atoms with Gasteiger partial charge in [0.1, 0.15) is 16.7 Å². The molecule has 1 aromatic carbocycles. The van der Waals surface area contributed by atoms with Crippen molar-refractivity contribution in [3.63, 3.8) is 0 Å². The number of para-hydroxylation sites is 1. The standard InChI is InChI=1S/C17H17N3O8/c1-9-13(15(21)27-3)17(20(25)26,14(10(2)18-9)16(22)28-4)11-7-5-6-8-12(11)19(23)24/h5-8,18H,1-4H3. The summed E-state index contributed by atoms with van der Waals surface area (Å²) in [6, 6.07) is 4.83.